The highest BCUT2D eigenvalue weighted by atomic mass is 35.5. The van der Waals surface area contributed by atoms with Gasteiger partial charge in [-0.15, -0.1) is 0 Å². The van der Waals surface area contributed by atoms with Gasteiger partial charge in [-0.2, -0.15) is 8.78 Å². The summed E-state index contributed by atoms with van der Waals surface area (Å²) in [6.07, 6.45) is 1.59. The normalized spacial score (nSPS) is 17.0. The fourth-order valence-electron chi connectivity index (χ4n) is 3.30. The molecule has 0 aliphatic carbocycles. The Bertz CT molecular complexity index is 855. The molecule has 1 saturated heterocycles. The Morgan fingerprint density at radius 3 is 2.72 bits per heavy atom. The minimum atomic E-state index is -2.97. The lowest BCUT2D eigenvalue weighted by molar-refractivity contribution is -0.0493. The number of benzene rings is 1. The van der Waals surface area contributed by atoms with E-state index in [-0.39, 0.29) is 34.7 Å². The number of halogens is 3. The Morgan fingerprint density at radius 1 is 1.28 bits per heavy atom. The van der Waals surface area contributed by atoms with Crippen molar-refractivity contribution in [1.82, 2.24) is 14.9 Å². The molecule has 2 heterocycles. The lowest BCUT2D eigenvalue weighted by Gasteiger charge is -2.43. The molecule has 0 bridgehead atoms. The molecule has 0 radical (unpaired) electrons. The Morgan fingerprint density at radius 2 is 2.03 bits per heavy atom. The predicted molar refractivity (Wildman–Crippen MR) is 107 cm³/mol. The number of nitrogens with one attached hydrogen (secondary N) is 1. The second kappa shape index (κ2) is 9.21. The molecule has 1 aliphatic rings. The van der Waals surface area contributed by atoms with E-state index < -0.39 is 6.61 Å². The van der Waals surface area contributed by atoms with E-state index in [1.165, 1.54) is 12.1 Å². The van der Waals surface area contributed by atoms with Crippen molar-refractivity contribution in [2.45, 2.75) is 26.5 Å². The molecule has 0 saturated carbocycles. The molecular formula is C19H22ClF2N5O2. The highest BCUT2D eigenvalue weighted by molar-refractivity contribution is 6.28. The molecule has 29 heavy (non-hydrogen) atoms. The second-order valence-electron chi connectivity index (χ2n) is 6.94. The van der Waals surface area contributed by atoms with Crippen LogP contribution in [0.25, 0.3) is 0 Å². The maximum atomic E-state index is 12.9. The molecule has 1 aliphatic heterocycles. The third kappa shape index (κ3) is 5.23. The molecule has 1 aromatic heterocycles. The van der Waals surface area contributed by atoms with Crippen molar-refractivity contribution in [2.24, 2.45) is 5.92 Å². The number of anilines is 2. The number of urea groups is 1. The van der Waals surface area contributed by atoms with E-state index in [0.29, 0.717) is 25.5 Å². The quantitative estimate of drug-likeness (QED) is 0.730. The Kier molecular flexibility index (Phi) is 6.68. The predicted octanol–water partition coefficient (Wildman–Crippen LogP) is 4.11. The summed E-state index contributed by atoms with van der Waals surface area (Å²) in [5.41, 5.74) is 0.199. The van der Waals surface area contributed by atoms with Crippen LogP contribution < -0.4 is 15.0 Å². The van der Waals surface area contributed by atoms with Gasteiger partial charge in [0.05, 0.1) is 11.7 Å². The van der Waals surface area contributed by atoms with Crippen LogP contribution in [0, 0.1) is 5.92 Å². The molecule has 3 rings (SSSR count). The minimum absolute atomic E-state index is 0.0776. The average molecular weight is 426 g/mol. The molecule has 7 nitrogen and oxygen atoms in total. The van der Waals surface area contributed by atoms with E-state index in [1.807, 2.05) is 13.8 Å². The van der Waals surface area contributed by atoms with Gasteiger partial charge >= 0.3 is 12.6 Å². The van der Waals surface area contributed by atoms with E-state index >= 15 is 0 Å². The monoisotopic (exact) mass is 425 g/mol. The number of nitrogens with zero attached hydrogens (tertiary/aromatic N) is 4. The minimum Gasteiger partial charge on any atom is -0.433 e. The first-order valence-electron chi connectivity index (χ1n) is 9.20. The van der Waals surface area contributed by atoms with Gasteiger partial charge in [0, 0.05) is 25.8 Å². The van der Waals surface area contributed by atoms with E-state index in [1.54, 1.807) is 29.3 Å². The zero-order valence-electron chi connectivity index (χ0n) is 16.1. The van der Waals surface area contributed by atoms with E-state index in [2.05, 4.69) is 24.9 Å². The second-order valence-corrected chi connectivity index (χ2v) is 7.28. The van der Waals surface area contributed by atoms with E-state index in [4.69, 9.17) is 11.6 Å². The van der Waals surface area contributed by atoms with Crippen molar-refractivity contribution < 1.29 is 18.3 Å². The van der Waals surface area contributed by atoms with Crippen molar-refractivity contribution in [3.63, 3.8) is 0 Å². The third-order valence-corrected chi connectivity index (χ3v) is 4.91. The number of amides is 2. The van der Waals surface area contributed by atoms with E-state index in [9.17, 15) is 13.6 Å². The standard InChI is InChI=1S/C19H22ClF2N5O2/c1-12(2)14-11-26(16-7-8-23-17(20)25-16)9-10-27(14)19(28)24-13-5-3-4-6-15(13)29-18(21)22/h3-8,12,14,18H,9-11H2,1-2H3,(H,24,28). The molecule has 2 aromatic rings. The van der Waals surface area contributed by atoms with E-state index in [0.717, 1.165) is 0 Å². The first-order valence-corrected chi connectivity index (χ1v) is 9.58. The average Bonchev–Trinajstić information content (AvgIpc) is 2.68. The number of para-hydroxylation sites is 2. The summed E-state index contributed by atoms with van der Waals surface area (Å²) in [6, 6.07) is 7.42. The SMILES string of the molecule is CC(C)C1CN(c2ccnc(Cl)n2)CCN1C(=O)Nc1ccccc1OC(F)F. The molecule has 2 amide bonds. The Hall–Kier alpha value is -2.68. The summed E-state index contributed by atoms with van der Waals surface area (Å²) in [7, 11) is 0. The van der Waals surface area contributed by atoms with Crippen molar-refractivity contribution in [3.8, 4) is 5.75 Å². The van der Waals surface area contributed by atoms with Crippen LogP contribution in [0.3, 0.4) is 0 Å². The number of carbonyl (C=O) groups excluding carboxylic acids is 1. The lowest BCUT2D eigenvalue weighted by Crippen LogP contribution is -2.58. The van der Waals surface area contributed by atoms with Crippen LogP contribution in [0.1, 0.15) is 13.8 Å². The van der Waals surface area contributed by atoms with Gasteiger partial charge in [0.25, 0.3) is 0 Å². The first-order chi connectivity index (χ1) is 13.8. The largest absolute Gasteiger partial charge is 0.433 e. The van der Waals surface area contributed by atoms with Gasteiger partial charge in [-0.25, -0.2) is 14.8 Å². The van der Waals surface area contributed by atoms with Gasteiger partial charge in [-0.05, 0) is 35.7 Å². The number of aromatic nitrogens is 2. The van der Waals surface area contributed by atoms with Crippen LogP contribution in [-0.4, -0.2) is 53.2 Å². The van der Waals surface area contributed by atoms with Crippen LogP contribution >= 0.6 is 11.6 Å². The van der Waals surface area contributed by atoms with Crippen LogP contribution in [0.4, 0.5) is 25.1 Å². The Balaban J connectivity index is 1.74. The zero-order valence-corrected chi connectivity index (χ0v) is 16.8. The molecule has 1 N–H and O–H groups in total. The number of piperazine rings is 1. The van der Waals surface area contributed by atoms with Crippen LogP contribution in [0.2, 0.25) is 5.28 Å². The van der Waals surface area contributed by atoms with Gasteiger partial charge < -0.3 is 19.9 Å². The number of rotatable bonds is 5. The molecule has 156 valence electrons. The van der Waals surface area contributed by atoms with Crippen LogP contribution in [0.5, 0.6) is 5.75 Å². The van der Waals surface area contributed by atoms with Crippen LogP contribution in [0.15, 0.2) is 36.5 Å². The highest BCUT2D eigenvalue weighted by Gasteiger charge is 2.33. The summed E-state index contributed by atoms with van der Waals surface area (Å²) in [6.45, 7) is 2.63. The number of hydrogen-bond donors (Lipinski definition) is 1. The summed E-state index contributed by atoms with van der Waals surface area (Å²) >= 11 is 5.89. The Labute approximate surface area is 172 Å². The highest BCUT2D eigenvalue weighted by Crippen LogP contribution is 2.27. The smallest absolute Gasteiger partial charge is 0.387 e. The number of hydrogen-bond acceptors (Lipinski definition) is 5. The van der Waals surface area contributed by atoms with Gasteiger partial charge in [0.1, 0.15) is 11.6 Å². The van der Waals surface area contributed by atoms with Gasteiger partial charge in [-0.3, -0.25) is 0 Å². The maximum absolute atomic E-state index is 12.9. The molecule has 10 heteroatoms. The third-order valence-electron chi connectivity index (χ3n) is 4.73. The fraction of sp³-hybridized carbons (Fsp3) is 0.421. The number of carbonyl (C=O) groups is 1. The topological polar surface area (TPSA) is 70.6 Å². The van der Waals surface area contributed by atoms with Gasteiger partial charge in [-0.1, -0.05) is 26.0 Å². The first kappa shape index (κ1) is 21.0. The maximum Gasteiger partial charge on any atom is 0.387 e. The van der Waals surface area contributed by atoms with Gasteiger partial charge in [0.2, 0.25) is 5.28 Å². The lowest BCUT2D eigenvalue weighted by atomic mass is 10.00. The number of ether oxygens (including phenoxy) is 1. The molecule has 1 unspecified atom stereocenters. The molecule has 1 aromatic carbocycles. The summed E-state index contributed by atoms with van der Waals surface area (Å²) in [4.78, 5) is 24.8. The fourth-order valence-corrected chi connectivity index (χ4v) is 3.44. The van der Waals surface area contributed by atoms with Crippen molar-refractivity contribution in [3.05, 3.63) is 41.8 Å². The summed E-state index contributed by atoms with van der Waals surface area (Å²) in [5.74, 6) is 0.783. The summed E-state index contributed by atoms with van der Waals surface area (Å²) < 4.78 is 29.7. The zero-order chi connectivity index (χ0) is 21.0. The molecular weight excluding hydrogens is 404 g/mol. The summed E-state index contributed by atoms with van der Waals surface area (Å²) in [5, 5.41) is 2.86. The van der Waals surface area contributed by atoms with Crippen molar-refractivity contribution in [1.29, 1.82) is 0 Å². The molecule has 0 spiro atoms. The molecule has 1 atom stereocenters. The van der Waals surface area contributed by atoms with Crippen molar-refractivity contribution >= 4 is 29.1 Å². The van der Waals surface area contributed by atoms with Gasteiger partial charge in [0.15, 0.2) is 0 Å². The number of alkyl halides is 2. The van der Waals surface area contributed by atoms with Crippen molar-refractivity contribution in [2.75, 3.05) is 29.9 Å². The van der Waals surface area contributed by atoms with Crippen LogP contribution in [-0.2, 0) is 0 Å². The molecule has 1 fully saturated rings.